The summed E-state index contributed by atoms with van der Waals surface area (Å²) in [5, 5.41) is 0. The van der Waals surface area contributed by atoms with Crippen molar-refractivity contribution >= 4 is 19.2 Å². The Hall–Kier alpha value is 0.679. The Bertz CT molecular complexity index is 157. The van der Waals surface area contributed by atoms with E-state index in [0.717, 1.165) is 5.92 Å². The second-order valence-corrected chi connectivity index (χ2v) is 18.9. The molecule has 0 spiro atoms. The van der Waals surface area contributed by atoms with Gasteiger partial charge in [-0.3, -0.25) is 0 Å². The van der Waals surface area contributed by atoms with Crippen molar-refractivity contribution in [3.05, 3.63) is 0 Å². The number of hydrogen-bond acceptors (Lipinski definition) is 3. The quantitative estimate of drug-likeness (QED) is 0.689. The summed E-state index contributed by atoms with van der Waals surface area (Å²) in [7, 11) is 13.5. The van der Waals surface area contributed by atoms with E-state index in [1.54, 1.807) is 0 Å². The van der Waals surface area contributed by atoms with E-state index in [2.05, 4.69) is 65.5 Å². The van der Waals surface area contributed by atoms with Crippen LogP contribution in [-0.4, -0.2) is 70.8 Å². The van der Waals surface area contributed by atoms with Gasteiger partial charge in [-0.2, -0.15) is 0 Å². The molecule has 0 aliphatic heterocycles. The van der Waals surface area contributed by atoms with Crippen molar-refractivity contribution in [1.29, 1.82) is 0 Å². The normalized spacial score (nSPS) is 13.6. The molecule has 0 saturated carbocycles. The molecule has 0 atom stereocenters. The fraction of sp³-hybridized carbons (Fsp3) is 1.00. The molecule has 0 heterocycles. The van der Waals surface area contributed by atoms with E-state index in [9.17, 15) is 0 Å². The van der Waals surface area contributed by atoms with Crippen LogP contribution in [0.3, 0.4) is 0 Å². The topological polar surface area (TPSA) is 9.72 Å². The van der Waals surface area contributed by atoms with Crippen molar-refractivity contribution in [2.75, 3.05) is 42.3 Å². The molecule has 3 nitrogen and oxygen atoms in total. The van der Waals surface area contributed by atoms with Crippen molar-refractivity contribution < 1.29 is 0 Å². The van der Waals surface area contributed by atoms with Crippen molar-refractivity contribution in [2.24, 2.45) is 5.92 Å². The van der Waals surface area contributed by atoms with Crippen LogP contribution in [0.15, 0.2) is 0 Å². The third-order valence-corrected chi connectivity index (χ3v) is 18.2. The van der Waals surface area contributed by atoms with Gasteiger partial charge < -0.3 is 0 Å². The van der Waals surface area contributed by atoms with Crippen LogP contribution in [0.2, 0.25) is 4.44 Å². The van der Waals surface area contributed by atoms with Crippen LogP contribution in [0.4, 0.5) is 0 Å². The number of nitrogens with zero attached hydrogens (tertiary/aromatic N) is 3. The Morgan fingerprint density at radius 1 is 0.800 bits per heavy atom. The second-order valence-electron chi connectivity index (χ2n) is 5.39. The zero-order valence-corrected chi connectivity index (χ0v) is 14.7. The summed E-state index contributed by atoms with van der Waals surface area (Å²) in [5.41, 5.74) is 0. The molecule has 0 radical (unpaired) electrons. The molecule has 0 fully saturated rings. The zero-order valence-electron chi connectivity index (χ0n) is 11.8. The molecule has 4 heteroatoms. The van der Waals surface area contributed by atoms with Gasteiger partial charge in [0.15, 0.2) is 0 Å². The molecule has 0 aromatic heterocycles. The van der Waals surface area contributed by atoms with Crippen molar-refractivity contribution in [3.63, 3.8) is 0 Å². The summed E-state index contributed by atoms with van der Waals surface area (Å²) in [4.78, 5) is 0. The van der Waals surface area contributed by atoms with E-state index in [0.29, 0.717) is 0 Å². The Morgan fingerprint density at radius 3 is 1.33 bits per heavy atom. The van der Waals surface area contributed by atoms with Crippen molar-refractivity contribution in [2.45, 2.75) is 24.7 Å². The average Bonchev–Trinajstić information content (AvgIpc) is 2.02. The van der Waals surface area contributed by atoms with E-state index in [-0.39, 0.29) is 0 Å². The van der Waals surface area contributed by atoms with Gasteiger partial charge in [0.2, 0.25) is 0 Å². The molecule has 0 rings (SSSR count). The first-order chi connectivity index (χ1) is 6.75. The predicted molar refractivity (Wildman–Crippen MR) is 71.1 cm³/mol. The van der Waals surface area contributed by atoms with E-state index in [1.165, 1.54) is 10.9 Å². The molecule has 0 bridgehead atoms. The molecular weight excluding hydrogens is 293 g/mol. The Labute approximate surface area is 101 Å². The average molecular weight is 322 g/mol. The van der Waals surface area contributed by atoms with E-state index < -0.39 is 19.2 Å². The molecule has 0 saturated heterocycles. The number of rotatable bonds is 6. The van der Waals surface area contributed by atoms with Crippen LogP contribution < -0.4 is 0 Å². The van der Waals surface area contributed by atoms with E-state index in [1.807, 2.05) is 0 Å². The van der Waals surface area contributed by atoms with Gasteiger partial charge in [0.25, 0.3) is 0 Å². The fourth-order valence-corrected chi connectivity index (χ4v) is 15.8. The van der Waals surface area contributed by atoms with Gasteiger partial charge in [-0.25, -0.2) is 0 Å². The SMILES string of the molecule is CC(C)C[CH2][Sn]([N](C)C)([N](C)C)[N](C)C. The summed E-state index contributed by atoms with van der Waals surface area (Å²) < 4.78 is 8.91. The number of hydrogen-bond donors (Lipinski definition) is 0. The fourth-order valence-electron chi connectivity index (χ4n) is 2.35. The summed E-state index contributed by atoms with van der Waals surface area (Å²) >= 11 is -2.42. The first-order valence-electron chi connectivity index (χ1n) is 5.77. The van der Waals surface area contributed by atoms with Crippen LogP contribution in [0.25, 0.3) is 0 Å². The van der Waals surface area contributed by atoms with Gasteiger partial charge in [-0.1, -0.05) is 0 Å². The Morgan fingerprint density at radius 2 is 1.13 bits per heavy atom. The van der Waals surface area contributed by atoms with Crippen LogP contribution in [0.5, 0.6) is 0 Å². The molecule has 0 aliphatic carbocycles. The standard InChI is InChI=1S/C5H11.3C2H6N.Sn/c1-4-5(2)3;3*1-3-2;/h5H,1,4H2,2-3H3;3*1-2H3;/q;3*-1;+3. The van der Waals surface area contributed by atoms with E-state index >= 15 is 0 Å². The molecule has 0 amide bonds. The van der Waals surface area contributed by atoms with Crippen LogP contribution in [0.1, 0.15) is 20.3 Å². The van der Waals surface area contributed by atoms with E-state index in [4.69, 9.17) is 0 Å². The van der Waals surface area contributed by atoms with Crippen LogP contribution in [-0.2, 0) is 0 Å². The van der Waals surface area contributed by atoms with Gasteiger partial charge in [0.1, 0.15) is 0 Å². The van der Waals surface area contributed by atoms with Crippen molar-refractivity contribution in [3.8, 4) is 0 Å². The van der Waals surface area contributed by atoms with Gasteiger partial charge in [-0.05, 0) is 0 Å². The predicted octanol–water partition coefficient (Wildman–Crippen LogP) is 1.66. The molecule has 92 valence electrons. The monoisotopic (exact) mass is 323 g/mol. The second kappa shape index (κ2) is 6.42. The third-order valence-electron chi connectivity index (χ3n) is 3.21. The molecule has 0 N–H and O–H groups in total. The molecule has 0 unspecified atom stereocenters. The van der Waals surface area contributed by atoms with Gasteiger partial charge in [-0.15, -0.1) is 0 Å². The van der Waals surface area contributed by atoms with Crippen LogP contribution in [0, 0.1) is 5.92 Å². The summed E-state index contributed by atoms with van der Waals surface area (Å²) in [5.74, 6) is 0.806. The van der Waals surface area contributed by atoms with Crippen LogP contribution >= 0.6 is 0 Å². The molecule has 0 aliphatic rings. The first kappa shape index (κ1) is 15.7. The van der Waals surface area contributed by atoms with Gasteiger partial charge in [0.05, 0.1) is 0 Å². The van der Waals surface area contributed by atoms with Gasteiger partial charge in [0, 0.05) is 0 Å². The maximum absolute atomic E-state index is 2.51. The zero-order chi connectivity index (χ0) is 12.2. The summed E-state index contributed by atoms with van der Waals surface area (Å²) in [6.07, 6.45) is 1.34. The Balaban J connectivity index is 4.80. The molecule has 0 aromatic rings. The third kappa shape index (κ3) is 3.87. The van der Waals surface area contributed by atoms with Gasteiger partial charge >= 0.3 is 101 Å². The molecule has 0 aromatic carbocycles. The minimum atomic E-state index is -2.42. The van der Waals surface area contributed by atoms with Crippen molar-refractivity contribution in [1.82, 2.24) is 9.36 Å². The first-order valence-corrected chi connectivity index (χ1v) is 11.6. The Kier molecular flexibility index (Phi) is 6.71. The summed E-state index contributed by atoms with van der Waals surface area (Å²) in [6, 6.07) is 0. The maximum atomic E-state index is 2.51. The minimum absolute atomic E-state index is 0.806. The summed E-state index contributed by atoms with van der Waals surface area (Å²) in [6.45, 7) is 4.63. The molecule has 15 heavy (non-hydrogen) atoms. The molecular formula is C11H29N3Sn.